The molecule has 1 aliphatic heterocycles. The quantitative estimate of drug-likeness (QED) is 0.178. The molecule has 3 N–H and O–H groups in total. The smallest absolute Gasteiger partial charge is 0.339 e. The molecule has 4 rings (SSSR count). The van der Waals surface area contributed by atoms with Crippen molar-refractivity contribution in [2.75, 3.05) is 11.5 Å². The van der Waals surface area contributed by atoms with Gasteiger partial charge in [-0.1, -0.05) is 53.9 Å². The molecule has 2 aromatic carbocycles. The van der Waals surface area contributed by atoms with Crippen LogP contribution in [0.4, 0.5) is 5.69 Å². The van der Waals surface area contributed by atoms with Crippen LogP contribution < -0.4 is 10.9 Å². The Morgan fingerprint density at radius 1 is 1.00 bits per heavy atom. The summed E-state index contributed by atoms with van der Waals surface area (Å²) in [6, 6.07) is 17.7. The lowest BCUT2D eigenvalue weighted by molar-refractivity contribution is -0.449. The first kappa shape index (κ1) is 25.3. The van der Waals surface area contributed by atoms with E-state index in [1.807, 2.05) is 54.8 Å². The van der Waals surface area contributed by atoms with Crippen molar-refractivity contribution in [3.63, 3.8) is 0 Å². The van der Waals surface area contributed by atoms with Crippen LogP contribution in [0.25, 0.3) is 0 Å². The maximum absolute atomic E-state index is 12.4. The van der Waals surface area contributed by atoms with Crippen molar-refractivity contribution in [2.45, 2.75) is 24.5 Å². The van der Waals surface area contributed by atoms with Crippen molar-refractivity contribution in [1.29, 1.82) is 0 Å². The van der Waals surface area contributed by atoms with Gasteiger partial charge in [-0.3, -0.25) is 20.4 Å². The number of hydrogen-bond donors (Lipinski definition) is 3. The molecule has 10 nitrogen and oxygen atoms in total. The first-order chi connectivity index (χ1) is 17.4. The molecule has 0 spiro atoms. The molecule has 184 valence electrons. The molecule has 0 saturated carbocycles. The SMILES string of the molecule is Cc1cc(C)nc(SCC2=[N+](c3ccccc3)C(SCC(=O)NNC(=O)c3ccccc3O)N=N2)n1. The highest BCUT2D eigenvalue weighted by atomic mass is 32.2. The Morgan fingerprint density at radius 3 is 2.42 bits per heavy atom. The molecular weight excluding hydrogens is 498 g/mol. The number of phenols is 1. The number of benzene rings is 2. The van der Waals surface area contributed by atoms with Gasteiger partial charge in [0.1, 0.15) is 17.2 Å². The van der Waals surface area contributed by atoms with Crippen molar-refractivity contribution < 1.29 is 19.3 Å². The van der Waals surface area contributed by atoms with E-state index in [0.717, 1.165) is 22.9 Å². The molecule has 3 aromatic rings. The Hall–Kier alpha value is -3.77. The minimum absolute atomic E-state index is 0.0225. The fourth-order valence-electron chi connectivity index (χ4n) is 3.35. The maximum atomic E-state index is 12.4. The number of azo groups is 1. The average Bonchev–Trinajstić information content (AvgIpc) is 3.28. The zero-order valence-electron chi connectivity index (χ0n) is 19.6. The van der Waals surface area contributed by atoms with Gasteiger partial charge >= 0.3 is 5.84 Å². The van der Waals surface area contributed by atoms with E-state index < -0.39 is 17.3 Å². The minimum Gasteiger partial charge on any atom is -0.507 e. The number of hydrogen-bond acceptors (Lipinski definition) is 9. The molecule has 0 saturated heterocycles. The van der Waals surface area contributed by atoms with Crippen LogP contribution in [0.5, 0.6) is 5.75 Å². The summed E-state index contributed by atoms with van der Waals surface area (Å²) in [6.45, 7) is 3.86. The van der Waals surface area contributed by atoms with E-state index in [-0.39, 0.29) is 17.1 Å². The van der Waals surface area contributed by atoms with Crippen molar-refractivity contribution in [1.82, 2.24) is 20.8 Å². The van der Waals surface area contributed by atoms with E-state index in [9.17, 15) is 14.7 Å². The number of amidine groups is 1. The lowest BCUT2D eigenvalue weighted by Gasteiger charge is -2.11. The van der Waals surface area contributed by atoms with Crippen LogP contribution >= 0.6 is 23.5 Å². The Balaban J connectivity index is 1.40. The third-order valence-corrected chi connectivity index (χ3v) is 6.80. The predicted molar refractivity (Wildman–Crippen MR) is 138 cm³/mol. The highest BCUT2D eigenvalue weighted by Crippen LogP contribution is 2.28. The number of para-hydroxylation sites is 2. The van der Waals surface area contributed by atoms with Crippen LogP contribution in [-0.4, -0.2) is 54.3 Å². The number of aromatic nitrogens is 2. The molecule has 1 unspecified atom stereocenters. The summed E-state index contributed by atoms with van der Waals surface area (Å²) >= 11 is 2.74. The summed E-state index contributed by atoms with van der Waals surface area (Å²) in [6.07, 6.45) is 0. The van der Waals surface area contributed by atoms with Crippen LogP contribution in [0.2, 0.25) is 0 Å². The van der Waals surface area contributed by atoms with Gasteiger partial charge in [-0.05, 0) is 49.3 Å². The third kappa shape index (κ3) is 6.46. The first-order valence-corrected chi connectivity index (χ1v) is 13.0. The number of hydrazine groups is 1. The normalized spacial score (nSPS) is 14.7. The zero-order valence-corrected chi connectivity index (χ0v) is 21.2. The van der Waals surface area contributed by atoms with E-state index in [1.54, 1.807) is 12.1 Å². The number of aromatic hydroxyl groups is 1. The van der Waals surface area contributed by atoms with E-state index in [2.05, 4.69) is 31.0 Å². The Morgan fingerprint density at radius 2 is 1.69 bits per heavy atom. The molecular formula is C24H24N7O3S2+. The topological polar surface area (TPSA) is 132 Å². The number of amides is 2. The number of carbonyl (C=O) groups excluding carboxylic acids is 2. The molecule has 0 aliphatic carbocycles. The van der Waals surface area contributed by atoms with Gasteiger partial charge in [-0.2, -0.15) is 4.58 Å². The van der Waals surface area contributed by atoms with E-state index in [1.165, 1.54) is 35.7 Å². The maximum Gasteiger partial charge on any atom is 0.339 e. The van der Waals surface area contributed by atoms with E-state index >= 15 is 0 Å². The van der Waals surface area contributed by atoms with E-state index in [0.29, 0.717) is 10.9 Å². The van der Waals surface area contributed by atoms with Crippen molar-refractivity contribution in [3.8, 4) is 5.75 Å². The van der Waals surface area contributed by atoms with Crippen molar-refractivity contribution in [2.24, 2.45) is 10.2 Å². The number of rotatable bonds is 8. The number of nitrogens with zero attached hydrogens (tertiary/aromatic N) is 5. The first-order valence-electron chi connectivity index (χ1n) is 11.0. The van der Waals surface area contributed by atoms with Crippen LogP contribution in [-0.2, 0) is 4.79 Å². The monoisotopic (exact) mass is 522 g/mol. The van der Waals surface area contributed by atoms with Crippen LogP contribution in [0.15, 0.2) is 76.0 Å². The molecule has 1 atom stereocenters. The summed E-state index contributed by atoms with van der Waals surface area (Å²) in [7, 11) is 0. The number of thioether (sulfide) groups is 2. The summed E-state index contributed by atoms with van der Waals surface area (Å²) in [5.41, 5.74) is 6.98. The molecule has 2 heterocycles. The molecule has 0 bridgehead atoms. The van der Waals surface area contributed by atoms with Crippen LogP contribution in [0.3, 0.4) is 0 Å². The highest BCUT2D eigenvalue weighted by molar-refractivity contribution is 8.00. The minimum atomic E-state index is -0.612. The summed E-state index contributed by atoms with van der Waals surface area (Å²) < 4.78 is 1.97. The van der Waals surface area contributed by atoms with Gasteiger partial charge in [-0.25, -0.2) is 9.97 Å². The molecule has 1 aromatic heterocycles. The lowest BCUT2D eigenvalue weighted by atomic mass is 10.2. The summed E-state index contributed by atoms with van der Waals surface area (Å²) in [5.74, 6) is 0.0449. The number of nitrogens with one attached hydrogen (secondary N) is 2. The van der Waals surface area contributed by atoms with Crippen LogP contribution in [0, 0.1) is 13.8 Å². The number of carbonyl (C=O) groups is 2. The van der Waals surface area contributed by atoms with Gasteiger partial charge < -0.3 is 5.11 Å². The van der Waals surface area contributed by atoms with Gasteiger partial charge in [0.15, 0.2) is 5.16 Å². The second-order valence-corrected chi connectivity index (χ2v) is 9.70. The molecule has 1 aliphatic rings. The Kier molecular flexibility index (Phi) is 8.28. The van der Waals surface area contributed by atoms with Gasteiger partial charge in [0.2, 0.25) is 5.91 Å². The fraction of sp³-hybridized carbons (Fsp3) is 0.208. The summed E-state index contributed by atoms with van der Waals surface area (Å²) in [4.78, 5) is 33.5. The predicted octanol–water partition coefficient (Wildman–Crippen LogP) is 3.58. The number of aryl methyl sites for hydroxylation is 2. The fourth-order valence-corrected chi connectivity index (χ4v) is 5.10. The van der Waals surface area contributed by atoms with Crippen LogP contribution in [0.1, 0.15) is 21.7 Å². The van der Waals surface area contributed by atoms with Crippen molar-refractivity contribution in [3.05, 3.63) is 77.6 Å². The lowest BCUT2D eigenvalue weighted by Crippen LogP contribution is -2.42. The molecule has 12 heteroatoms. The Labute approximate surface area is 216 Å². The Bertz CT molecular complexity index is 1310. The third-order valence-electron chi connectivity index (χ3n) is 4.93. The largest absolute Gasteiger partial charge is 0.507 e. The highest BCUT2D eigenvalue weighted by Gasteiger charge is 2.34. The molecule has 0 fully saturated rings. The standard InChI is InChI=1S/C24H23N7O3S2/c1-15-12-16(2)26-23(25-15)35-13-20-27-30-24(31(20)17-8-4-3-5-9-17)36-14-21(33)28-29-22(34)18-10-6-7-11-19(18)32/h3-12,24,30H,13-14H2,1-2H3,(H,32,34)/p+1. The van der Waals surface area contributed by atoms with Gasteiger partial charge in [0, 0.05) is 11.4 Å². The molecule has 36 heavy (non-hydrogen) atoms. The van der Waals surface area contributed by atoms with Gasteiger partial charge in [-0.15, -0.1) is 0 Å². The van der Waals surface area contributed by atoms with Crippen molar-refractivity contribution >= 4 is 46.9 Å². The second-order valence-electron chi connectivity index (χ2n) is 7.72. The van der Waals surface area contributed by atoms with Gasteiger partial charge in [0.05, 0.1) is 16.4 Å². The molecule has 2 amide bonds. The number of phenolic OH excluding ortho intramolecular Hbond substituents is 1. The molecule has 0 radical (unpaired) electrons. The summed E-state index contributed by atoms with van der Waals surface area (Å²) in [5, 5.41) is 19.2. The average molecular weight is 523 g/mol. The van der Waals surface area contributed by atoms with Gasteiger partial charge in [0.25, 0.3) is 11.4 Å². The van der Waals surface area contributed by atoms with E-state index in [4.69, 9.17) is 0 Å². The zero-order chi connectivity index (χ0) is 25.5. The second kappa shape index (κ2) is 11.8.